The summed E-state index contributed by atoms with van der Waals surface area (Å²) in [6.45, 7) is 2.60. The minimum atomic E-state index is -2.80. The molecule has 0 radical (unpaired) electrons. The van der Waals surface area contributed by atoms with Crippen molar-refractivity contribution in [2.75, 3.05) is 6.61 Å². The smallest absolute Gasteiger partial charge is 0.364 e. The fourth-order valence-electron chi connectivity index (χ4n) is 3.19. The van der Waals surface area contributed by atoms with Crippen molar-refractivity contribution < 1.29 is 29.6 Å². The number of hydrogen-bond acceptors (Lipinski definition) is 5. The summed E-state index contributed by atoms with van der Waals surface area (Å²) in [6.07, 6.45) is 9.14. The van der Waals surface area contributed by atoms with Crippen LogP contribution in [0, 0.1) is 18.8 Å². The van der Waals surface area contributed by atoms with Gasteiger partial charge in [-0.3, -0.25) is 4.79 Å². The van der Waals surface area contributed by atoms with E-state index in [0.717, 1.165) is 18.6 Å². The van der Waals surface area contributed by atoms with Crippen molar-refractivity contribution in [2.24, 2.45) is 11.8 Å². The molecule has 3 N–H and O–H groups in total. The van der Waals surface area contributed by atoms with Crippen LogP contribution in [0.2, 0.25) is 0 Å². The van der Waals surface area contributed by atoms with Crippen LogP contribution in [0.4, 0.5) is 0 Å². The summed E-state index contributed by atoms with van der Waals surface area (Å²) in [7, 11) is 0. The predicted octanol–water partition coefficient (Wildman–Crippen LogP) is 3.17. The average Bonchev–Trinajstić information content (AvgIpc) is 3.02. The summed E-state index contributed by atoms with van der Waals surface area (Å²) in [5.74, 6) is -3.43. The van der Waals surface area contributed by atoms with Gasteiger partial charge < -0.3 is 20.1 Å². The van der Waals surface area contributed by atoms with Gasteiger partial charge in [-0.1, -0.05) is 29.8 Å². The molecule has 0 spiro atoms. The molecule has 0 saturated heterocycles. The number of ether oxygens (including phenoxy) is 1. The lowest BCUT2D eigenvalue weighted by molar-refractivity contribution is -0.201. The van der Waals surface area contributed by atoms with Crippen molar-refractivity contribution in [2.45, 2.75) is 44.8 Å². The van der Waals surface area contributed by atoms with E-state index >= 15 is 0 Å². The number of allylic oxidation sites excluding steroid dienone is 1. The van der Waals surface area contributed by atoms with E-state index in [-0.39, 0.29) is 17.6 Å². The number of carboxylic acid groups (broad SMARTS) is 1. The minimum absolute atomic E-state index is 0.127. The molecule has 1 aliphatic carbocycles. The van der Waals surface area contributed by atoms with Crippen LogP contribution in [0.25, 0.3) is 0 Å². The maximum atomic E-state index is 12.1. The van der Waals surface area contributed by atoms with Crippen LogP contribution in [0.5, 0.6) is 5.75 Å². The molecule has 2 rings (SSSR count). The number of ketones is 1. The molecular weight excluding hydrogens is 372 g/mol. The molecule has 2 atom stereocenters. The summed E-state index contributed by atoms with van der Waals surface area (Å²) in [6, 6.07) is 7.90. The van der Waals surface area contributed by atoms with Gasteiger partial charge in [-0.15, -0.1) is 5.73 Å². The summed E-state index contributed by atoms with van der Waals surface area (Å²) >= 11 is 0. The second-order valence-electron chi connectivity index (χ2n) is 7.29. The molecule has 0 bridgehead atoms. The van der Waals surface area contributed by atoms with Crippen molar-refractivity contribution in [3.63, 3.8) is 0 Å². The van der Waals surface area contributed by atoms with Crippen LogP contribution in [0.15, 0.2) is 54.3 Å². The number of hydrogen-bond donors (Lipinski definition) is 3. The van der Waals surface area contributed by atoms with Gasteiger partial charge in [0.1, 0.15) is 11.5 Å². The molecule has 0 unspecified atom stereocenters. The highest BCUT2D eigenvalue weighted by molar-refractivity contribution is 5.83. The number of benzene rings is 1. The molecule has 0 amide bonds. The standard InChI is InChI=1S/C23H28O6/c1-17-9-12-19(13-10-17)29-16-6-4-7-18-11-14-21(24)20(18)8-3-2-5-15-23(27,28)22(25)26/h3-5,7,9-10,12-13,18,20,27-28H,6,8,11,14-16H2,1H3,(H,25,26)/b7-4+/t2?,18-,20+/m0/s1. The lowest BCUT2D eigenvalue weighted by Gasteiger charge is -2.13. The number of carboxylic acids is 1. The van der Waals surface area contributed by atoms with Crippen molar-refractivity contribution in [3.8, 4) is 5.75 Å². The molecule has 0 aliphatic heterocycles. The molecule has 1 fully saturated rings. The number of aliphatic hydroxyl groups is 2. The van der Waals surface area contributed by atoms with Crippen LogP contribution in [0.3, 0.4) is 0 Å². The Morgan fingerprint density at radius 2 is 2.00 bits per heavy atom. The highest BCUT2D eigenvalue weighted by atomic mass is 16.5. The van der Waals surface area contributed by atoms with Gasteiger partial charge >= 0.3 is 5.97 Å². The average molecular weight is 400 g/mol. The van der Waals surface area contributed by atoms with E-state index in [1.807, 2.05) is 37.3 Å². The molecule has 156 valence electrons. The zero-order valence-electron chi connectivity index (χ0n) is 16.6. The molecule has 6 nitrogen and oxygen atoms in total. The van der Waals surface area contributed by atoms with E-state index in [2.05, 4.69) is 11.8 Å². The Morgan fingerprint density at radius 3 is 2.69 bits per heavy atom. The van der Waals surface area contributed by atoms with Crippen LogP contribution in [0.1, 0.15) is 37.7 Å². The molecular formula is C23H28O6. The van der Waals surface area contributed by atoms with Gasteiger partial charge in [0, 0.05) is 18.8 Å². The highest BCUT2D eigenvalue weighted by Crippen LogP contribution is 2.32. The Kier molecular flexibility index (Phi) is 8.40. The van der Waals surface area contributed by atoms with E-state index in [4.69, 9.17) is 9.84 Å². The Bertz CT molecular complexity index is 784. The van der Waals surface area contributed by atoms with Crippen LogP contribution in [-0.2, 0) is 9.59 Å². The van der Waals surface area contributed by atoms with Gasteiger partial charge in [0.15, 0.2) is 0 Å². The Labute approximate surface area is 170 Å². The zero-order chi connectivity index (χ0) is 21.3. The maximum Gasteiger partial charge on any atom is 0.364 e. The number of carbonyl (C=O) groups is 2. The van der Waals surface area contributed by atoms with E-state index in [0.29, 0.717) is 19.4 Å². The normalized spacial score (nSPS) is 19.2. The van der Waals surface area contributed by atoms with Crippen molar-refractivity contribution in [3.05, 3.63) is 59.9 Å². The van der Waals surface area contributed by atoms with Gasteiger partial charge in [0.05, 0.1) is 6.61 Å². The van der Waals surface area contributed by atoms with E-state index < -0.39 is 18.2 Å². The first-order chi connectivity index (χ1) is 13.8. The number of carbonyl (C=O) groups excluding carboxylic acids is 1. The highest BCUT2D eigenvalue weighted by Gasteiger charge is 2.32. The van der Waals surface area contributed by atoms with Crippen LogP contribution >= 0.6 is 0 Å². The third-order valence-corrected chi connectivity index (χ3v) is 4.95. The van der Waals surface area contributed by atoms with Gasteiger partial charge in [0.25, 0.3) is 5.79 Å². The molecule has 29 heavy (non-hydrogen) atoms. The third-order valence-electron chi connectivity index (χ3n) is 4.95. The summed E-state index contributed by atoms with van der Waals surface area (Å²) in [4.78, 5) is 22.7. The fraction of sp³-hybridized carbons (Fsp3) is 0.435. The summed E-state index contributed by atoms with van der Waals surface area (Å²) in [5, 5.41) is 27.0. The summed E-state index contributed by atoms with van der Waals surface area (Å²) in [5.41, 5.74) is 3.92. The van der Waals surface area contributed by atoms with Crippen LogP contribution < -0.4 is 4.74 Å². The largest absolute Gasteiger partial charge is 0.493 e. The lowest BCUT2D eigenvalue weighted by atomic mass is 9.91. The monoisotopic (exact) mass is 400 g/mol. The Morgan fingerprint density at radius 1 is 1.28 bits per heavy atom. The molecule has 1 aromatic carbocycles. The van der Waals surface area contributed by atoms with Crippen molar-refractivity contribution in [1.82, 2.24) is 0 Å². The van der Waals surface area contributed by atoms with E-state index in [1.54, 1.807) is 6.08 Å². The summed E-state index contributed by atoms with van der Waals surface area (Å²) < 4.78 is 5.69. The van der Waals surface area contributed by atoms with Gasteiger partial charge in [-0.05, 0) is 56.4 Å². The van der Waals surface area contributed by atoms with Crippen LogP contribution in [-0.4, -0.2) is 39.5 Å². The Hall–Kier alpha value is -2.66. The number of Topliss-reactive ketones (excluding diaryl/α,β-unsaturated/α-hetero) is 1. The Balaban J connectivity index is 1.78. The van der Waals surface area contributed by atoms with Crippen molar-refractivity contribution >= 4 is 11.8 Å². The first kappa shape index (κ1) is 22.6. The molecule has 1 aromatic rings. The topological polar surface area (TPSA) is 104 Å². The van der Waals surface area contributed by atoms with Gasteiger partial charge in [0.2, 0.25) is 0 Å². The zero-order valence-corrected chi connectivity index (χ0v) is 16.6. The number of aryl methyl sites for hydroxylation is 1. The predicted molar refractivity (Wildman–Crippen MR) is 108 cm³/mol. The lowest BCUT2D eigenvalue weighted by Crippen LogP contribution is -2.37. The third kappa shape index (κ3) is 7.35. The fourth-order valence-corrected chi connectivity index (χ4v) is 3.19. The molecule has 1 aliphatic rings. The quantitative estimate of drug-likeness (QED) is 0.241. The van der Waals surface area contributed by atoms with Gasteiger partial charge in [-0.25, -0.2) is 4.79 Å². The first-order valence-electron chi connectivity index (χ1n) is 9.76. The first-order valence-corrected chi connectivity index (χ1v) is 9.76. The molecule has 1 saturated carbocycles. The molecule has 6 heteroatoms. The second kappa shape index (κ2) is 10.8. The van der Waals surface area contributed by atoms with Gasteiger partial charge in [-0.2, -0.15) is 0 Å². The van der Waals surface area contributed by atoms with E-state index in [1.165, 1.54) is 11.6 Å². The molecule has 0 heterocycles. The minimum Gasteiger partial charge on any atom is -0.493 e. The maximum absolute atomic E-state index is 12.1. The number of rotatable bonds is 10. The van der Waals surface area contributed by atoms with Crippen molar-refractivity contribution in [1.29, 1.82) is 0 Å². The van der Waals surface area contributed by atoms with E-state index in [9.17, 15) is 19.8 Å². The SMILES string of the molecule is Cc1ccc(OCC/C=C/[C@H]2CCC(=O)[C@@H]2CC=C=CCC(O)(O)C(=O)O)cc1. The number of aliphatic carboxylic acids is 1. The second-order valence-corrected chi connectivity index (χ2v) is 7.29. The molecule has 0 aromatic heterocycles.